The van der Waals surface area contributed by atoms with E-state index in [1.807, 2.05) is 0 Å². The lowest BCUT2D eigenvalue weighted by Gasteiger charge is -2.34. The maximum Gasteiger partial charge on any atom is 0.222 e. The molecule has 3 heterocycles. The third-order valence-corrected chi connectivity index (χ3v) is 4.04. The number of nitrogens with two attached hydrogens (primary N) is 1. The van der Waals surface area contributed by atoms with Crippen LogP contribution in [-0.4, -0.2) is 35.1 Å². The van der Waals surface area contributed by atoms with Gasteiger partial charge in [-0.1, -0.05) is 20.8 Å². The number of nitrogen functional groups attached to an aromatic ring is 1. The molecule has 104 valence electrons. The van der Waals surface area contributed by atoms with E-state index in [-0.39, 0.29) is 5.41 Å². The Morgan fingerprint density at radius 1 is 1.21 bits per heavy atom. The molecule has 0 amide bonds. The van der Waals surface area contributed by atoms with Gasteiger partial charge in [-0.3, -0.25) is 0 Å². The lowest BCUT2D eigenvalue weighted by Crippen LogP contribution is -2.51. The normalized spacial score (nSPS) is 26.8. The predicted octanol–water partition coefficient (Wildman–Crippen LogP) is 1.30. The minimum absolute atomic E-state index is 0.00116. The number of rotatable bonds is 1. The van der Waals surface area contributed by atoms with Crippen LogP contribution in [0.25, 0.3) is 0 Å². The fraction of sp³-hybridized carbons (Fsp3) is 0.714. The minimum atomic E-state index is -0.00116. The highest BCUT2D eigenvalue weighted by Crippen LogP contribution is 2.28. The summed E-state index contributed by atoms with van der Waals surface area (Å²) in [4.78, 5) is 11.2. The number of nitrogens with one attached hydrogen (secondary N) is 1. The van der Waals surface area contributed by atoms with Crippen LogP contribution in [0.4, 0.5) is 11.8 Å². The van der Waals surface area contributed by atoms with Crippen molar-refractivity contribution in [3.63, 3.8) is 0 Å². The van der Waals surface area contributed by atoms with Crippen LogP contribution in [0.1, 0.15) is 39.3 Å². The molecule has 0 saturated carbocycles. The lowest BCUT2D eigenvalue weighted by atomic mass is 9.92. The summed E-state index contributed by atoms with van der Waals surface area (Å²) in [6, 6.07) is 3.31. The minimum Gasteiger partial charge on any atom is -0.368 e. The Bertz CT molecular complexity index is 467. The van der Waals surface area contributed by atoms with Crippen LogP contribution in [-0.2, 0) is 5.41 Å². The molecule has 0 aromatic carbocycles. The number of hydrogen-bond donors (Lipinski definition) is 2. The smallest absolute Gasteiger partial charge is 0.222 e. The lowest BCUT2D eigenvalue weighted by molar-refractivity contribution is 0.462. The van der Waals surface area contributed by atoms with Gasteiger partial charge in [0.25, 0.3) is 0 Å². The van der Waals surface area contributed by atoms with Gasteiger partial charge in [-0.05, 0) is 12.8 Å². The molecule has 2 bridgehead atoms. The Morgan fingerprint density at radius 3 is 2.42 bits per heavy atom. The van der Waals surface area contributed by atoms with Gasteiger partial charge in [0, 0.05) is 36.7 Å². The summed E-state index contributed by atoms with van der Waals surface area (Å²) in [5.74, 6) is 1.36. The van der Waals surface area contributed by atoms with E-state index >= 15 is 0 Å². The van der Waals surface area contributed by atoms with Gasteiger partial charge < -0.3 is 16.0 Å². The van der Waals surface area contributed by atoms with Crippen molar-refractivity contribution < 1.29 is 0 Å². The zero-order chi connectivity index (χ0) is 13.6. The first-order valence-corrected chi connectivity index (χ1v) is 7.08. The number of aromatic nitrogens is 2. The van der Waals surface area contributed by atoms with Crippen LogP contribution in [0.3, 0.4) is 0 Å². The molecule has 2 atom stereocenters. The highest BCUT2D eigenvalue weighted by atomic mass is 15.3. The average Bonchev–Trinajstić information content (AvgIpc) is 2.66. The number of nitrogens with zero attached hydrogens (tertiary/aromatic N) is 3. The first kappa shape index (κ1) is 12.7. The van der Waals surface area contributed by atoms with Crippen LogP contribution < -0.4 is 16.0 Å². The molecule has 5 nitrogen and oxygen atoms in total. The summed E-state index contributed by atoms with van der Waals surface area (Å²) in [6.45, 7) is 8.51. The van der Waals surface area contributed by atoms with Crippen molar-refractivity contribution in [2.24, 2.45) is 0 Å². The van der Waals surface area contributed by atoms with Crippen LogP contribution in [0.2, 0.25) is 0 Å². The van der Waals surface area contributed by atoms with Crippen molar-refractivity contribution in [3.8, 4) is 0 Å². The molecule has 19 heavy (non-hydrogen) atoms. The Kier molecular flexibility index (Phi) is 2.89. The molecule has 3 rings (SSSR count). The van der Waals surface area contributed by atoms with Gasteiger partial charge in [0.15, 0.2) is 0 Å². The molecule has 5 heteroatoms. The summed E-state index contributed by atoms with van der Waals surface area (Å²) >= 11 is 0. The summed E-state index contributed by atoms with van der Waals surface area (Å²) in [6.07, 6.45) is 2.54. The van der Waals surface area contributed by atoms with E-state index in [0.717, 1.165) is 24.6 Å². The van der Waals surface area contributed by atoms with Gasteiger partial charge in [0.1, 0.15) is 5.82 Å². The predicted molar refractivity (Wildman–Crippen MR) is 77.3 cm³/mol. The van der Waals surface area contributed by atoms with Crippen molar-refractivity contribution >= 4 is 11.8 Å². The molecule has 3 N–H and O–H groups in total. The maximum atomic E-state index is 5.88. The average molecular weight is 261 g/mol. The first-order valence-electron chi connectivity index (χ1n) is 7.08. The second-order valence-corrected chi connectivity index (χ2v) is 6.76. The molecule has 2 unspecified atom stereocenters. The van der Waals surface area contributed by atoms with E-state index in [9.17, 15) is 0 Å². The zero-order valence-corrected chi connectivity index (χ0v) is 12.0. The summed E-state index contributed by atoms with van der Waals surface area (Å²) < 4.78 is 0. The van der Waals surface area contributed by atoms with Crippen molar-refractivity contribution in [2.75, 3.05) is 23.7 Å². The van der Waals surface area contributed by atoms with E-state index in [1.54, 1.807) is 0 Å². The SMILES string of the molecule is CC(C)(C)c1cc(N2CC3CCC(C2)N3)nc(N)n1. The number of fused-ring (bicyclic) bond motifs is 2. The van der Waals surface area contributed by atoms with Crippen LogP contribution in [0.5, 0.6) is 0 Å². The van der Waals surface area contributed by atoms with Crippen LogP contribution in [0.15, 0.2) is 6.07 Å². The summed E-state index contributed by atoms with van der Waals surface area (Å²) in [5, 5.41) is 3.63. The molecule has 2 saturated heterocycles. The fourth-order valence-corrected chi connectivity index (χ4v) is 2.98. The van der Waals surface area contributed by atoms with E-state index in [0.29, 0.717) is 18.0 Å². The standard InChI is InChI=1S/C14H23N5/c1-14(2,3)11-6-12(18-13(15)17-11)19-7-9-4-5-10(8-19)16-9/h6,9-10,16H,4-5,7-8H2,1-3H3,(H2,15,17,18). The zero-order valence-electron chi connectivity index (χ0n) is 12.0. The molecule has 2 aliphatic rings. The van der Waals surface area contributed by atoms with Crippen molar-refractivity contribution in [1.82, 2.24) is 15.3 Å². The largest absolute Gasteiger partial charge is 0.368 e. The summed E-state index contributed by atoms with van der Waals surface area (Å²) in [7, 11) is 0. The molecule has 0 spiro atoms. The Balaban J connectivity index is 1.90. The van der Waals surface area contributed by atoms with Gasteiger partial charge in [-0.15, -0.1) is 0 Å². The van der Waals surface area contributed by atoms with Gasteiger partial charge in [-0.25, -0.2) is 4.98 Å². The topological polar surface area (TPSA) is 67.1 Å². The second kappa shape index (κ2) is 4.34. The Hall–Kier alpha value is -1.36. The van der Waals surface area contributed by atoms with E-state index in [4.69, 9.17) is 5.73 Å². The van der Waals surface area contributed by atoms with Crippen molar-refractivity contribution in [3.05, 3.63) is 11.8 Å². The maximum absolute atomic E-state index is 5.88. The monoisotopic (exact) mass is 261 g/mol. The fourth-order valence-electron chi connectivity index (χ4n) is 2.98. The number of hydrogen-bond acceptors (Lipinski definition) is 5. The van der Waals surface area contributed by atoms with Crippen LogP contribution >= 0.6 is 0 Å². The molecule has 2 fully saturated rings. The van der Waals surface area contributed by atoms with E-state index in [2.05, 4.69) is 47.0 Å². The van der Waals surface area contributed by atoms with E-state index in [1.165, 1.54) is 12.8 Å². The van der Waals surface area contributed by atoms with Gasteiger partial charge in [0.05, 0.1) is 5.69 Å². The Labute approximate surface area is 114 Å². The molecular formula is C14H23N5. The van der Waals surface area contributed by atoms with Crippen molar-refractivity contribution in [2.45, 2.75) is 51.1 Å². The molecule has 2 aliphatic heterocycles. The van der Waals surface area contributed by atoms with Crippen LogP contribution in [0, 0.1) is 0 Å². The first-order chi connectivity index (χ1) is 8.91. The highest BCUT2D eigenvalue weighted by molar-refractivity contribution is 5.46. The summed E-state index contributed by atoms with van der Waals surface area (Å²) in [5.41, 5.74) is 6.90. The van der Waals surface area contributed by atoms with E-state index < -0.39 is 0 Å². The van der Waals surface area contributed by atoms with Gasteiger partial charge >= 0.3 is 0 Å². The van der Waals surface area contributed by atoms with Crippen molar-refractivity contribution in [1.29, 1.82) is 0 Å². The number of piperazine rings is 1. The molecule has 0 aliphatic carbocycles. The molecule has 1 aromatic rings. The second-order valence-electron chi connectivity index (χ2n) is 6.76. The molecular weight excluding hydrogens is 238 g/mol. The molecule has 0 radical (unpaired) electrons. The quantitative estimate of drug-likeness (QED) is 0.797. The Morgan fingerprint density at radius 2 is 1.84 bits per heavy atom. The molecule has 1 aromatic heterocycles. The third kappa shape index (κ3) is 2.52. The number of anilines is 2. The van der Waals surface area contributed by atoms with Gasteiger partial charge in [0.2, 0.25) is 5.95 Å². The third-order valence-electron chi connectivity index (χ3n) is 4.04. The highest BCUT2D eigenvalue weighted by Gasteiger charge is 2.33. The van der Waals surface area contributed by atoms with Gasteiger partial charge in [-0.2, -0.15) is 4.98 Å².